The molecule has 1 fully saturated rings. The summed E-state index contributed by atoms with van der Waals surface area (Å²) in [6.07, 6.45) is 7.92. The number of rotatable bonds is 1. The van der Waals surface area contributed by atoms with Gasteiger partial charge >= 0.3 is 0 Å². The van der Waals surface area contributed by atoms with E-state index in [0.717, 1.165) is 6.42 Å². The summed E-state index contributed by atoms with van der Waals surface area (Å²) in [4.78, 5) is 16.7. The van der Waals surface area contributed by atoms with Crippen molar-refractivity contribution in [1.82, 2.24) is 29.4 Å². The maximum atomic E-state index is 12.7. The van der Waals surface area contributed by atoms with Crippen molar-refractivity contribution in [2.45, 2.75) is 38.6 Å². The second kappa shape index (κ2) is 4.61. The second-order valence-electron chi connectivity index (χ2n) is 5.76. The molecule has 1 aliphatic rings. The maximum absolute atomic E-state index is 12.7. The van der Waals surface area contributed by atoms with Gasteiger partial charge in [0.1, 0.15) is 11.8 Å². The van der Waals surface area contributed by atoms with Gasteiger partial charge in [-0.15, -0.1) is 10.2 Å². The van der Waals surface area contributed by atoms with Crippen LogP contribution in [0.3, 0.4) is 0 Å². The first-order chi connectivity index (χ1) is 10.3. The number of aromatic nitrogens is 6. The molecule has 2 unspecified atom stereocenters. The van der Waals surface area contributed by atoms with Crippen LogP contribution in [0.2, 0.25) is 0 Å². The molecule has 4 rings (SSSR count). The quantitative estimate of drug-likeness (QED) is 0.678. The average molecular weight is 284 g/mol. The molecule has 1 saturated carbocycles. The Kier molecular flexibility index (Phi) is 2.73. The van der Waals surface area contributed by atoms with Crippen molar-refractivity contribution >= 4 is 16.8 Å². The Balaban J connectivity index is 1.93. The fourth-order valence-electron chi connectivity index (χ4n) is 3.33. The standard InChI is InChI=1S/C14H16N6O/c1-9-4-2-3-5-10(9)19-7-6-11-12(13(19)21)17-18-14-15-8-16-20(11)14/h6-10H,2-5H2,1H3. The van der Waals surface area contributed by atoms with Crippen molar-refractivity contribution in [3.05, 3.63) is 28.9 Å². The number of fused-ring (bicyclic) bond motifs is 3. The van der Waals surface area contributed by atoms with Crippen molar-refractivity contribution in [3.8, 4) is 0 Å². The Bertz CT molecular complexity index is 867. The monoisotopic (exact) mass is 284 g/mol. The summed E-state index contributed by atoms with van der Waals surface area (Å²) >= 11 is 0. The first kappa shape index (κ1) is 12.4. The summed E-state index contributed by atoms with van der Waals surface area (Å²) in [6.45, 7) is 2.22. The molecular weight excluding hydrogens is 268 g/mol. The zero-order valence-electron chi connectivity index (χ0n) is 11.8. The van der Waals surface area contributed by atoms with E-state index in [4.69, 9.17) is 0 Å². The highest BCUT2D eigenvalue weighted by molar-refractivity contribution is 5.74. The van der Waals surface area contributed by atoms with Crippen LogP contribution in [0.25, 0.3) is 16.8 Å². The van der Waals surface area contributed by atoms with Crippen LogP contribution in [-0.4, -0.2) is 29.4 Å². The van der Waals surface area contributed by atoms with E-state index in [-0.39, 0.29) is 11.6 Å². The van der Waals surface area contributed by atoms with Gasteiger partial charge in [-0.1, -0.05) is 19.8 Å². The topological polar surface area (TPSA) is 78.0 Å². The molecule has 0 aliphatic heterocycles. The van der Waals surface area contributed by atoms with Crippen LogP contribution in [0.5, 0.6) is 0 Å². The number of nitrogens with zero attached hydrogens (tertiary/aromatic N) is 6. The zero-order valence-corrected chi connectivity index (χ0v) is 11.8. The molecule has 0 radical (unpaired) electrons. The van der Waals surface area contributed by atoms with Gasteiger partial charge in [0.25, 0.3) is 11.3 Å². The van der Waals surface area contributed by atoms with Gasteiger partial charge in [0, 0.05) is 12.2 Å². The van der Waals surface area contributed by atoms with Crippen LogP contribution in [-0.2, 0) is 0 Å². The van der Waals surface area contributed by atoms with Crippen molar-refractivity contribution in [1.29, 1.82) is 0 Å². The average Bonchev–Trinajstić information content (AvgIpc) is 2.97. The molecule has 0 spiro atoms. The van der Waals surface area contributed by atoms with Crippen LogP contribution in [0.1, 0.15) is 38.6 Å². The molecular formula is C14H16N6O. The van der Waals surface area contributed by atoms with E-state index in [1.807, 2.05) is 16.8 Å². The van der Waals surface area contributed by atoms with Gasteiger partial charge in [0.15, 0.2) is 5.52 Å². The predicted octanol–water partition coefficient (Wildman–Crippen LogP) is 1.59. The van der Waals surface area contributed by atoms with Crippen molar-refractivity contribution in [3.63, 3.8) is 0 Å². The van der Waals surface area contributed by atoms with E-state index < -0.39 is 0 Å². The van der Waals surface area contributed by atoms with Crippen LogP contribution < -0.4 is 5.56 Å². The highest BCUT2D eigenvalue weighted by Crippen LogP contribution is 2.32. The molecule has 0 amide bonds. The molecule has 0 N–H and O–H groups in total. The minimum Gasteiger partial charge on any atom is -0.310 e. The van der Waals surface area contributed by atoms with Crippen molar-refractivity contribution in [2.24, 2.45) is 5.92 Å². The first-order valence-electron chi connectivity index (χ1n) is 7.33. The Labute approximate surface area is 120 Å². The lowest BCUT2D eigenvalue weighted by Crippen LogP contribution is -2.31. The van der Waals surface area contributed by atoms with Gasteiger partial charge in [-0.25, -0.2) is 0 Å². The zero-order chi connectivity index (χ0) is 14.4. The minimum atomic E-state index is -0.0869. The Morgan fingerprint density at radius 3 is 2.95 bits per heavy atom. The van der Waals surface area contributed by atoms with Gasteiger partial charge in [0.2, 0.25) is 0 Å². The summed E-state index contributed by atoms with van der Waals surface area (Å²) in [5, 5.41) is 12.1. The summed E-state index contributed by atoms with van der Waals surface area (Å²) in [6, 6.07) is 2.14. The van der Waals surface area contributed by atoms with Gasteiger partial charge in [-0.2, -0.15) is 14.6 Å². The smallest absolute Gasteiger partial charge is 0.280 e. The molecule has 0 aromatic carbocycles. The number of hydrogen-bond donors (Lipinski definition) is 0. The van der Waals surface area contributed by atoms with Crippen LogP contribution in [0.4, 0.5) is 0 Å². The van der Waals surface area contributed by atoms with E-state index in [2.05, 4.69) is 27.2 Å². The normalized spacial score (nSPS) is 22.9. The lowest BCUT2D eigenvalue weighted by Gasteiger charge is -2.30. The molecule has 0 saturated heterocycles. The van der Waals surface area contributed by atoms with Gasteiger partial charge in [-0.3, -0.25) is 4.79 Å². The van der Waals surface area contributed by atoms with Crippen molar-refractivity contribution in [2.75, 3.05) is 0 Å². The molecule has 1 aliphatic carbocycles. The van der Waals surface area contributed by atoms with Crippen LogP contribution >= 0.6 is 0 Å². The second-order valence-corrected chi connectivity index (χ2v) is 5.76. The molecule has 3 aromatic heterocycles. The molecule has 7 heteroatoms. The minimum absolute atomic E-state index is 0.0869. The van der Waals surface area contributed by atoms with E-state index >= 15 is 0 Å². The summed E-state index contributed by atoms with van der Waals surface area (Å²) in [7, 11) is 0. The van der Waals surface area contributed by atoms with E-state index in [1.165, 1.54) is 25.6 Å². The van der Waals surface area contributed by atoms with Gasteiger partial charge < -0.3 is 4.57 Å². The lowest BCUT2D eigenvalue weighted by atomic mass is 9.85. The van der Waals surface area contributed by atoms with Crippen LogP contribution in [0.15, 0.2) is 23.4 Å². The molecule has 3 heterocycles. The maximum Gasteiger partial charge on any atom is 0.280 e. The third-order valence-electron chi connectivity index (χ3n) is 4.49. The van der Waals surface area contributed by atoms with Gasteiger partial charge in [0.05, 0.1) is 0 Å². The summed E-state index contributed by atoms with van der Waals surface area (Å²) in [5.74, 6) is 0.919. The van der Waals surface area contributed by atoms with Crippen LogP contribution in [0, 0.1) is 5.92 Å². The molecule has 7 nitrogen and oxygen atoms in total. The third-order valence-corrected chi connectivity index (χ3v) is 4.49. The largest absolute Gasteiger partial charge is 0.310 e. The fourth-order valence-corrected chi connectivity index (χ4v) is 3.33. The molecule has 2 atom stereocenters. The third kappa shape index (κ3) is 1.84. The van der Waals surface area contributed by atoms with Gasteiger partial charge in [-0.05, 0) is 24.8 Å². The van der Waals surface area contributed by atoms with E-state index in [1.54, 1.807) is 4.52 Å². The lowest BCUT2D eigenvalue weighted by molar-refractivity contribution is 0.253. The SMILES string of the molecule is CC1CCCCC1n1ccc2c(nnc3ncnn32)c1=O. The molecule has 3 aromatic rings. The molecule has 21 heavy (non-hydrogen) atoms. The van der Waals surface area contributed by atoms with E-state index in [0.29, 0.717) is 22.7 Å². The predicted molar refractivity (Wildman–Crippen MR) is 77.0 cm³/mol. The molecule has 108 valence electrons. The highest BCUT2D eigenvalue weighted by atomic mass is 16.1. The van der Waals surface area contributed by atoms with Crippen molar-refractivity contribution < 1.29 is 0 Å². The number of hydrogen-bond acceptors (Lipinski definition) is 5. The molecule has 0 bridgehead atoms. The Morgan fingerprint density at radius 2 is 2.10 bits per heavy atom. The fraction of sp³-hybridized carbons (Fsp3) is 0.500. The highest BCUT2D eigenvalue weighted by Gasteiger charge is 2.24. The first-order valence-corrected chi connectivity index (χ1v) is 7.33. The number of pyridine rings is 1. The summed E-state index contributed by atoms with van der Waals surface area (Å²) in [5.41, 5.74) is 0.923. The van der Waals surface area contributed by atoms with E-state index in [9.17, 15) is 4.79 Å². The Hall–Kier alpha value is -2.31. The Morgan fingerprint density at radius 1 is 1.24 bits per heavy atom. The summed E-state index contributed by atoms with van der Waals surface area (Å²) < 4.78 is 3.38.